The molecule has 0 aliphatic heterocycles. The quantitative estimate of drug-likeness (QED) is 0.393. The maximum Gasteiger partial charge on any atom is 0.493 e. The summed E-state index contributed by atoms with van der Waals surface area (Å²) in [7, 11) is -1.67. The van der Waals surface area contributed by atoms with Crippen LogP contribution in [0.1, 0.15) is 0 Å². The van der Waals surface area contributed by atoms with Crippen LogP contribution in [0.3, 0.4) is 0 Å². The van der Waals surface area contributed by atoms with Gasteiger partial charge in [-0.1, -0.05) is 0 Å². The van der Waals surface area contributed by atoms with E-state index in [4.69, 9.17) is 5.02 Å². The lowest BCUT2D eigenvalue weighted by Gasteiger charge is -1.66. The third-order valence-electron chi connectivity index (χ3n) is 0. The van der Waals surface area contributed by atoms with Gasteiger partial charge in [0.05, 0.1) is 0 Å². The van der Waals surface area contributed by atoms with Gasteiger partial charge in [0.25, 0.3) is 0 Å². The highest BCUT2D eigenvalue weighted by molar-refractivity contribution is 6.39. The van der Waals surface area contributed by atoms with Crippen molar-refractivity contribution >= 4 is 7.19 Å². The van der Waals surface area contributed by atoms with Gasteiger partial charge in [-0.3, -0.25) is 4.32 Å². The Morgan fingerprint density at radius 2 is 2.00 bits per heavy atom. The van der Waals surface area contributed by atoms with E-state index in [0.29, 0.717) is 0 Å². The van der Waals surface area contributed by atoms with E-state index in [1.54, 1.807) is 0 Å². The van der Waals surface area contributed by atoms with Crippen molar-refractivity contribution in [2.75, 3.05) is 0 Å². The van der Waals surface area contributed by atoms with Crippen molar-refractivity contribution in [2.45, 2.75) is 6.82 Å². The van der Waals surface area contributed by atoms with Gasteiger partial charge < -0.3 is 5.02 Å². The molecule has 1 N–H and O–H groups in total. The molecule has 0 fully saturated rings. The molecule has 0 atom stereocenters. The zero-order chi connectivity index (χ0) is 3.58. The Hall–Kier alpha value is -0.0451. The lowest BCUT2D eigenvalue weighted by atomic mass is 10.0. The fraction of sp³-hybridized carbons (Fsp3) is 1.00. The summed E-state index contributed by atoms with van der Waals surface area (Å²) in [5, 5.41) is 7.39. The highest BCUT2D eigenvalue weighted by atomic mass is 19.1. The van der Waals surface area contributed by atoms with Gasteiger partial charge in [0.1, 0.15) is 0 Å². The minimum atomic E-state index is -1.67. The summed E-state index contributed by atoms with van der Waals surface area (Å²) in [5.41, 5.74) is 0. The van der Waals surface area contributed by atoms with Crippen LogP contribution in [0.15, 0.2) is 0 Å². The van der Waals surface area contributed by atoms with E-state index in [-0.39, 0.29) is 0 Å². The first kappa shape index (κ1) is 3.95. The van der Waals surface area contributed by atoms with Gasteiger partial charge in [0.15, 0.2) is 0 Å². The fourth-order valence-electron chi connectivity index (χ4n) is 0. The molecule has 0 saturated heterocycles. The average molecular weight is 61.9 g/mol. The average Bonchev–Trinajstić information content (AvgIpc) is 0.811. The molecule has 0 aromatic carbocycles. The van der Waals surface area contributed by atoms with Gasteiger partial charge in [-0.15, -0.1) is 0 Å². The van der Waals surface area contributed by atoms with Gasteiger partial charge in [0, 0.05) is 0 Å². The van der Waals surface area contributed by atoms with Crippen LogP contribution in [0.25, 0.3) is 0 Å². The molecule has 0 aliphatic carbocycles. The van der Waals surface area contributed by atoms with E-state index in [0.717, 1.165) is 6.82 Å². The first-order valence-corrected chi connectivity index (χ1v) is 1.05. The van der Waals surface area contributed by atoms with Crippen molar-refractivity contribution in [2.24, 2.45) is 0 Å². The van der Waals surface area contributed by atoms with Gasteiger partial charge in [-0.25, -0.2) is 0 Å². The number of hydrogen-bond acceptors (Lipinski definition) is 1. The Morgan fingerprint density at radius 1 is 2.00 bits per heavy atom. The molecule has 4 heavy (non-hydrogen) atoms. The summed E-state index contributed by atoms with van der Waals surface area (Å²) < 4.78 is 10.6. The molecule has 24 valence electrons. The zero-order valence-electron chi connectivity index (χ0n) is 2.40. The van der Waals surface area contributed by atoms with Crippen molar-refractivity contribution in [3.8, 4) is 0 Å². The molecule has 0 rings (SSSR count). The van der Waals surface area contributed by atoms with Crippen LogP contribution in [0.4, 0.5) is 4.32 Å². The molecule has 0 spiro atoms. The Labute approximate surface area is 24.6 Å². The van der Waals surface area contributed by atoms with Gasteiger partial charge >= 0.3 is 7.19 Å². The lowest BCUT2D eigenvalue weighted by molar-refractivity contribution is 0.506. The van der Waals surface area contributed by atoms with Gasteiger partial charge in [-0.05, 0) is 6.82 Å². The highest BCUT2D eigenvalue weighted by Crippen LogP contribution is 1.65. The molecule has 0 amide bonds. The smallest absolute Gasteiger partial charge is 0.424 e. The van der Waals surface area contributed by atoms with Crippen LogP contribution in [0, 0.1) is 0 Å². The third kappa shape index (κ3) is 878. The summed E-state index contributed by atoms with van der Waals surface area (Å²) in [6.07, 6.45) is 0. The molecule has 0 unspecified atom stereocenters. The molecule has 0 saturated carbocycles. The van der Waals surface area contributed by atoms with E-state index in [1.165, 1.54) is 0 Å². The topological polar surface area (TPSA) is 20.2 Å². The van der Waals surface area contributed by atoms with Crippen molar-refractivity contribution in [3.05, 3.63) is 0 Å². The molecule has 0 aliphatic rings. The van der Waals surface area contributed by atoms with Gasteiger partial charge in [-0.2, -0.15) is 0 Å². The summed E-state index contributed by atoms with van der Waals surface area (Å²) in [5.74, 6) is 0. The second-order valence-corrected chi connectivity index (χ2v) is 0.574. The van der Waals surface area contributed by atoms with Crippen LogP contribution in [-0.4, -0.2) is 12.2 Å². The van der Waals surface area contributed by atoms with Gasteiger partial charge in [0.2, 0.25) is 0 Å². The number of rotatable bonds is 0. The number of hydrogen-bond donors (Lipinski definition) is 1. The predicted molar refractivity (Wildman–Crippen MR) is 14.9 cm³/mol. The normalized spacial score (nSPS) is 6.75. The first-order valence-electron chi connectivity index (χ1n) is 1.05. The molecular weight excluding hydrogens is 57.8 g/mol. The highest BCUT2D eigenvalue weighted by Gasteiger charge is 1.90. The molecule has 3 heteroatoms. The molecule has 0 bridgehead atoms. The number of halogens is 1. The van der Waals surface area contributed by atoms with E-state index in [1.807, 2.05) is 0 Å². The second kappa shape index (κ2) is 1.29. The Kier molecular flexibility index (Phi) is 1.28. The SMILES string of the molecule is CB(O)F. The lowest BCUT2D eigenvalue weighted by Crippen LogP contribution is -1.90. The van der Waals surface area contributed by atoms with Crippen molar-refractivity contribution < 1.29 is 9.34 Å². The predicted octanol–water partition coefficient (Wildman–Crippen LogP) is 0.0662. The van der Waals surface area contributed by atoms with Crippen molar-refractivity contribution in [1.29, 1.82) is 0 Å². The van der Waals surface area contributed by atoms with Crippen molar-refractivity contribution in [3.63, 3.8) is 0 Å². The third-order valence-corrected chi connectivity index (χ3v) is 0. The Balaban J connectivity index is 2.32. The second-order valence-electron chi connectivity index (χ2n) is 0.574. The molecule has 0 aromatic heterocycles. The summed E-state index contributed by atoms with van der Waals surface area (Å²) in [4.78, 5) is 0. The minimum Gasteiger partial charge on any atom is -0.424 e. The van der Waals surface area contributed by atoms with Crippen LogP contribution in [0.5, 0.6) is 0 Å². The van der Waals surface area contributed by atoms with E-state index < -0.39 is 7.19 Å². The zero-order valence-corrected chi connectivity index (χ0v) is 2.40. The Bertz CT molecular complexity index is 12.8. The largest absolute Gasteiger partial charge is 0.493 e. The molecule has 0 heterocycles. The first-order chi connectivity index (χ1) is 1.73. The molecule has 0 aromatic rings. The van der Waals surface area contributed by atoms with E-state index in [9.17, 15) is 4.32 Å². The molecular formula is CH4BFO. The fourth-order valence-corrected chi connectivity index (χ4v) is 0. The monoisotopic (exact) mass is 62.0 g/mol. The summed E-state index contributed by atoms with van der Waals surface area (Å²) in [6.45, 7) is 1.06. The summed E-state index contributed by atoms with van der Waals surface area (Å²) in [6, 6.07) is 0. The maximum absolute atomic E-state index is 10.6. The minimum absolute atomic E-state index is 1.06. The van der Waals surface area contributed by atoms with E-state index in [2.05, 4.69) is 0 Å². The van der Waals surface area contributed by atoms with Crippen LogP contribution >= 0.6 is 0 Å². The maximum atomic E-state index is 10.6. The Morgan fingerprint density at radius 3 is 2.00 bits per heavy atom. The van der Waals surface area contributed by atoms with Crippen LogP contribution in [-0.2, 0) is 0 Å². The molecule has 1 nitrogen and oxygen atoms in total. The van der Waals surface area contributed by atoms with Crippen molar-refractivity contribution in [1.82, 2.24) is 0 Å². The molecule has 0 radical (unpaired) electrons. The van der Waals surface area contributed by atoms with E-state index >= 15 is 0 Å². The summed E-state index contributed by atoms with van der Waals surface area (Å²) >= 11 is 0. The standard InChI is InChI=1S/CH4BFO/c1-2(3)4/h4H,1H3. The van der Waals surface area contributed by atoms with Crippen LogP contribution in [0.2, 0.25) is 6.82 Å². The van der Waals surface area contributed by atoms with Crippen LogP contribution < -0.4 is 0 Å².